The van der Waals surface area contributed by atoms with Crippen LogP contribution in [0.1, 0.15) is 31.5 Å². The molecule has 0 radical (unpaired) electrons. The largest absolute Gasteiger partial charge is 0.347 e. The molecule has 26 heavy (non-hydrogen) atoms. The summed E-state index contributed by atoms with van der Waals surface area (Å²) in [6.45, 7) is 5.94. The Hall–Kier alpha value is -1.86. The number of nitrogens with zero attached hydrogens (tertiary/aromatic N) is 2. The molecule has 1 N–H and O–H groups in total. The average Bonchev–Trinajstić information content (AvgIpc) is 3.00. The van der Waals surface area contributed by atoms with Gasteiger partial charge in [0.05, 0.1) is 12.1 Å². The van der Waals surface area contributed by atoms with Gasteiger partial charge in [0.1, 0.15) is 9.88 Å². The number of aromatic nitrogens is 1. The van der Waals surface area contributed by atoms with E-state index in [9.17, 15) is 9.59 Å². The lowest BCUT2D eigenvalue weighted by Gasteiger charge is -2.26. The van der Waals surface area contributed by atoms with Crippen molar-refractivity contribution in [1.29, 1.82) is 0 Å². The number of amides is 2. The minimum absolute atomic E-state index is 0.103. The van der Waals surface area contributed by atoms with Crippen molar-refractivity contribution in [1.82, 2.24) is 15.2 Å². The van der Waals surface area contributed by atoms with Crippen LogP contribution in [-0.2, 0) is 17.8 Å². The molecule has 138 valence electrons. The van der Waals surface area contributed by atoms with Crippen LogP contribution in [0, 0.1) is 13.8 Å². The SMILES string of the molecule is Cc1cccc(CNC(=O)c2sc(CC(=O)N3CCSCC3)nc2C)c1. The third-order valence-corrected chi connectivity index (χ3v) is 6.35. The van der Waals surface area contributed by atoms with Crippen molar-refractivity contribution < 1.29 is 9.59 Å². The Bertz CT molecular complexity index is 798. The van der Waals surface area contributed by atoms with Gasteiger partial charge in [0.25, 0.3) is 5.91 Å². The third kappa shape index (κ3) is 4.86. The van der Waals surface area contributed by atoms with Crippen molar-refractivity contribution in [3.8, 4) is 0 Å². The first-order valence-electron chi connectivity index (χ1n) is 8.68. The van der Waals surface area contributed by atoms with Gasteiger partial charge in [0.2, 0.25) is 5.91 Å². The van der Waals surface area contributed by atoms with Crippen molar-refractivity contribution in [2.45, 2.75) is 26.8 Å². The van der Waals surface area contributed by atoms with Crippen LogP contribution in [0.5, 0.6) is 0 Å². The van der Waals surface area contributed by atoms with Crippen LogP contribution in [0.15, 0.2) is 24.3 Å². The lowest BCUT2D eigenvalue weighted by atomic mass is 10.1. The van der Waals surface area contributed by atoms with Gasteiger partial charge < -0.3 is 10.2 Å². The highest BCUT2D eigenvalue weighted by Gasteiger charge is 2.21. The van der Waals surface area contributed by atoms with Crippen LogP contribution in [0.2, 0.25) is 0 Å². The zero-order chi connectivity index (χ0) is 18.5. The molecule has 1 saturated heterocycles. The highest BCUT2D eigenvalue weighted by Crippen LogP contribution is 2.20. The van der Waals surface area contributed by atoms with E-state index >= 15 is 0 Å². The molecule has 3 rings (SSSR count). The number of carbonyl (C=O) groups excluding carboxylic acids is 2. The van der Waals surface area contributed by atoms with Crippen LogP contribution in [0.3, 0.4) is 0 Å². The first-order valence-corrected chi connectivity index (χ1v) is 10.7. The Labute approximate surface area is 162 Å². The topological polar surface area (TPSA) is 62.3 Å². The van der Waals surface area contributed by atoms with Gasteiger partial charge in [0.15, 0.2) is 0 Å². The van der Waals surface area contributed by atoms with Gasteiger partial charge in [-0.1, -0.05) is 29.8 Å². The van der Waals surface area contributed by atoms with Gasteiger partial charge in [-0.15, -0.1) is 11.3 Å². The first kappa shape index (κ1) is 18.9. The highest BCUT2D eigenvalue weighted by molar-refractivity contribution is 7.99. The minimum atomic E-state index is -0.130. The van der Waals surface area contributed by atoms with Gasteiger partial charge in [-0.25, -0.2) is 4.98 Å². The van der Waals surface area contributed by atoms with E-state index in [2.05, 4.69) is 16.4 Å². The fourth-order valence-electron chi connectivity index (χ4n) is 2.88. The van der Waals surface area contributed by atoms with E-state index in [0.29, 0.717) is 22.1 Å². The molecule has 0 aliphatic carbocycles. The molecule has 5 nitrogen and oxygen atoms in total. The number of thiazole rings is 1. The first-order chi connectivity index (χ1) is 12.5. The Morgan fingerprint density at radius 2 is 2.00 bits per heavy atom. The summed E-state index contributed by atoms with van der Waals surface area (Å²) in [5.41, 5.74) is 2.93. The maximum Gasteiger partial charge on any atom is 0.263 e. The van der Waals surface area contributed by atoms with Crippen LogP contribution in [0.25, 0.3) is 0 Å². The van der Waals surface area contributed by atoms with E-state index in [1.807, 2.05) is 48.7 Å². The molecule has 1 aromatic carbocycles. The highest BCUT2D eigenvalue weighted by atomic mass is 32.2. The number of hydrogen-bond donors (Lipinski definition) is 1. The second kappa shape index (κ2) is 8.68. The number of aryl methyl sites for hydroxylation is 2. The van der Waals surface area contributed by atoms with E-state index < -0.39 is 0 Å². The van der Waals surface area contributed by atoms with Crippen molar-refractivity contribution in [3.05, 3.63) is 51.0 Å². The Morgan fingerprint density at radius 3 is 2.73 bits per heavy atom. The molecule has 1 fully saturated rings. The van der Waals surface area contributed by atoms with Crippen molar-refractivity contribution in [2.75, 3.05) is 24.6 Å². The standard InChI is InChI=1S/C19H23N3O2S2/c1-13-4-3-5-15(10-13)12-20-19(24)18-14(2)21-16(26-18)11-17(23)22-6-8-25-9-7-22/h3-5,10H,6-9,11-12H2,1-2H3,(H,20,24). The van der Waals surface area contributed by atoms with Crippen molar-refractivity contribution in [3.63, 3.8) is 0 Å². The molecule has 0 bridgehead atoms. The summed E-state index contributed by atoms with van der Waals surface area (Å²) < 4.78 is 0. The van der Waals surface area contributed by atoms with Gasteiger partial charge in [-0.2, -0.15) is 11.8 Å². The van der Waals surface area contributed by atoms with Gasteiger partial charge in [-0.3, -0.25) is 9.59 Å². The molecule has 0 saturated carbocycles. The number of rotatable bonds is 5. The molecular weight excluding hydrogens is 366 g/mol. The maximum absolute atomic E-state index is 12.5. The molecule has 1 aliphatic rings. The molecule has 1 aromatic heterocycles. The molecule has 0 spiro atoms. The van der Waals surface area contributed by atoms with Crippen molar-refractivity contribution in [2.24, 2.45) is 0 Å². The quantitative estimate of drug-likeness (QED) is 0.854. The Morgan fingerprint density at radius 1 is 1.23 bits per heavy atom. The summed E-state index contributed by atoms with van der Waals surface area (Å²) in [6.07, 6.45) is 0.279. The van der Waals surface area contributed by atoms with Crippen molar-refractivity contribution >= 4 is 34.9 Å². The molecule has 7 heteroatoms. The average molecular weight is 390 g/mol. The van der Waals surface area contributed by atoms with Crippen LogP contribution < -0.4 is 5.32 Å². The molecule has 2 heterocycles. The van der Waals surface area contributed by atoms with Crippen LogP contribution in [-0.4, -0.2) is 46.3 Å². The monoisotopic (exact) mass is 389 g/mol. The summed E-state index contributed by atoms with van der Waals surface area (Å²) in [4.78, 5) is 31.8. The molecular formula is C19H23N3O2S2. The number of hydrogen-bond acceptors (Lipinski definition) is 5. The predicted molar refractivity (Wildman–Crippen MR) is 107 cm³/mol. The fourth-order valence-corrected chi connectivity index (χ4v) is 4.75. The van der Waals surface area contributed by atoms with Crippen LogP contribution in [0.4, 0.5) is 0 Å². The minimum Gasteiger partial charge on any atom is -0.347 e. The molecule has 2 amide bonds. The maximum atomic E-state index is 12.5. The molecule has 1 aliphatic heterocycles. The molecule has 2 aromatic rings. The lowest BCUT2D eigenvalue weighted by molar-refractivity contribution is -0.130. The zero-order valence-electron chi connectivity index (χ0n) is 15.1. The van der Waals surface area contributed by atoms with E-state index in [-0.39, 0.29) is 18.2 Å². The van der Waals surface area contributed by atoms with Gasteiger partial charge >= 0.3 is 0 Å². The lowest BCUT2D eigenvalue weighted by Crippen LogP contribution is -2.38. The predicted octanol–water partition coefficient (Wildman–Crippen LogP) is 2.81. The number of nitrogens with one attached hydrogen (secondary N) is 1. The smallest absolute Gasteiger partial charge is 0.263 e. The van der Waals surface area contributed by atoms with Gasteiger partial charge in [-0.05, 0) is 19.4 Å². The summed E-state index contributed by atoms with van der Waals surface area (Å²) in [5.74, 6) is 1.96. The number of carbonyl (C=O) groups is 2. The number of thioether (sulfide) groups is 1. The normalized spacial score (nSPS) is 14.3. The Balaban J connectivity index is 1.59. The van der Waals surface area contributed by atoms with Crippen LogP contribution >= 0.6 is 23.1 Å². The fraction of sp³-hybridized carbons (Fsp3) is 0.421. The molecule has 0 unspecified atom stereocenters. The Kier molecular flexibility index (Phi) is 6.32. The summed E-state index contributed by atoms with van der Waals surface area (Å²) >= 11 is 3.20. The second-order valence-electron chi connectivity index (χ2n) is 6.36. The van der Waals surface area contributed by atoms with E-state index in [0.717, 1.165) is 30.2 Å². The van der Waals surface area contributed by atoms with Gasteiger partial charge in [0, 0.05) is 31.1 Å². The van der Waals surface area contributed by atoms with E-state index in [1.165, 1.54) is 16.9 Å². The summed E-state index contributed by atoms with van der Waals surface area (Å²) in [6, 6.07) is 8.06. The third-order valence-electron chi connectivity index (χ3n) is 4.25. The number of benzene rings is 1. The summed E-state index contributed by atoms with van der Waals surface area (Å²) in [7, 11) is 0. The molecule has 0 atom stereocenters. The summed E-state index contributed by atoms with van der Waals surface area (Å²) in [5, 5.41) is 3.66. The van der Waals surface area contributed by atoms with E-state index in [1.54, 1.807) is 0 Å². The second-order valence-corrected chi connectivity index (χ2v) is 8.67. The zero-order valence-corrected chi connectivity index (χ0v) is 16.7. The van der Waals surface area contributed by atoms with E-state index in [4.69, 9.17) is 0 Å².